The molecular formula is C31H29N3O3. The minimum Gasteiger partial charge on any atom is -0.342 e. The second kappa shape index (κ2) is 9.90. The number of para-hydroxylation sites is 1. The van der Waals surface area contributed by atoms with Crippen molar-refractivity contribution >= 4 is 40.5 Å². The van der Waals surface area contributed by atoms with Crippen molar-refractivity contribution in [1.82, 2.24) is 9.88 Å². The number of aryl methyl sites for hydroxylation is 1. The summed E-state index contributed by atoms with van der Waals surface area (Å²) in [5.41, 5.74) is 5.59. The fourth-order valence-corrected chi connectivity index (χ4v) is 4.73. The summed E-state index contributed by atoms with van der Waals surface area (Å²) < 4.78 is 2.12. The Balaban J connectivity index is 1.53. The van der Waals surface area contributed by atoms with Gasteiger partial charge < -0.3 is 4.57 Å². The summed E-state index contributed by atoms with van der Waals surface area (Å²) in [6, 6.07) is 22.7. The molecule has 2 heterocycles. The van der Waals surface area contributed by atoms with Gasteiger partial charge in [0.15, 0.2) is 0 Å². The van der Waals surface area contributed by atoms with Gasteiger partial charge in [0.2, 0.25) is 0 Å². The van der Waals surface area contributed by atoms with Crippen molar-refractivity contribution in [1.29, 1.82) is 0 Å². The molecule has 1 aromatic heterocycles. The van der Waals surface area contributed by atoms with E-state index in [1.54, 1.807) is 18.2 Å². The number of aromatic nitrogens is 1. The minimum absolute atomic E-state index is 0.0793. The van der Waals surface area contributed by atoms with Crippen molar-refractivity contribution in [3.8, 4) is 0 Å². The van der Waals surface area contributed by atoms with Gasteiger partial charge in [-0.25, -0.2) is 9.69 Å². The first-order chi connectivity index (χ1) is 17.9. The molecule has 4 amide bonds. The van der Waals surface area contributed by atoms with E-state index < -0.39 is 17.8 Å². The predicted molar refractivity (Wildman–Crippen MR) is 146 cm³/mol. The number of barbiturate groups is 1. The van der Waals surface area contributed by atoms with E-state index in [1.165, 1.54) is 11.1 Å². The topological polar surface area (TPSA) is 71.4 Å². The van der Waals surface area contributed by atoms with Crippen LogP contribution in [0.1, 0.15) is 48.4 Å². The summed E-state index contributed by atoms with van der Waals surface area (Å²) >= 11 is 0. The van der Waals surface area contributed by atoms with Crippen molar-refractivity contribution in [2.45, 2.75) is 39.7 Å². The number of hydrogen-bond acceptors (Lipinski definition) is 3. The molecule has 0 radical (unpaired) electrons. The zero-order valence-electron chi connectivity index (χ0n) is 21.2. The number of anilines is 1. The van der Waals surface area contributed by atoms with E-state index in [0.29, 0.717) is 18.2 Å². The molecule has 1 N–H and O–H groups in total. The van der Waals surface area contributed by atoms with Crippen LogP contribution in [0.25, 0.3) is 17.0 Å². The minimum atomic E-state index is -0.745. The summed E-state index contributed by atoms with van der Waals surface area (Å²) in [5, 5.41) is 3.25. The van der Waals surface area contributed by atoms with E-state index in [1.807, 2.05) is 54.7 Å². The fourth-order valence-electron chi connectivity index (χ4n) is 4.73. The van der Waals surface area contributed by atoms with E-state index in [-0.39, 0.29) is 5.57 Å². The molecule has 5 rings (SSSR count). The smallest absolute Gasteiger partial charge is 0.335 e. The molecule has 1 atom stereocenters. The lowest BCUT2D eigenvalue weighted by molar-refractivity contribution is -0.122. The van der Waals surface area contributed by atoms with Crippen LogP contribution in [0.5, 0.6) is 0 Å². The van der Waals surface area contributed by atoms with Crippen LogP contribution in [0.15, 0.2) is 84.6 Å². The van der Waals surface area contributed by atoms with Crippen LogP contribution in [0, 0.1) is 6.92 Å². The molecule has 6 nitrogen and oxygen atoms in total. The van der Waals surface area contributed by atoms with Gasteiger partial charge in [-0.1, -0.05) is 68.4 Å². The second-order valence-corrected chi connectivity index (χ2v) is 9.51. The third-order valence-corrected chi connectivity index (χ3v) is 7.16. The van der Waals surface area contributed by atoms with Crippen molar-refractivity contribution in [2.75, 3.05) is 4.90 Å². The maximum atomic E-state index is 13.5. The number of imide groups is 2. The third kappa shape index (κ3) is 4.58. The summed E-state index contributed by atoms with van der Waals surface area (Å²) in [7, 11) is 0. The SMILES string of the molecule is CC[C@H](C)c1ccc(N2C(=O)NC(=O)/C(=C/c3cn(Cc4ccccc4C)c4ccccc34)C2=O)cc1. The van der Waals surface area contributed by atoms with Gasteiger partial charge in [-0.2, -0.15) is 0 Å². The van der Waals surface area contributed by atoms with Crippen LogP contribution in [-0.2, 0) is 16.1 Å². The van der Waals surface area contributed by atoms with Crippen molar-refractivity contribution in [3.05, 3.63) is 107 Å². The molecule has 0 aliphatic carbocycles. The maximum Gasteiger partial charge on any atom is 0.335 e. The maximum absolute atomic E-state index is 13.5. The largest absolute Gasteiger partial charge is 0.342 e. The first kappa shape index (κ1) is 24.3. The van der Waals surface area contributed by atoms with Crippen LogP contribution in [0.3, 0.4) is 0 Å². The Hall–Kier alpha value is -4.45. The Morgan fingerprint density at radius 3 is 2.35 bits per heavy atom. The van der Waals surface area contributed by atoms with Gasteiger partial charge in [0, 0.05) is 29.2 Å². The van der Waals surface area contributed by atoms with Crippen LogP contribution in [0.2, 0.25) is 0 Å². The lowest BCUT2D eigenvalue weighted by Crippen LogP contribution is -2.54. The first-order valence-electron chi connectivity index (χ1n) is 12.5. The van der Waals surface area contributed by atoms with Crippen molar-refractivity contribution in [3.63, 3.8) is 0 Å². The van der Waals surface area contributed by atoms with E-state index >= 15 is 0 Å². The van der Waals surface area contributed by atoms with E-state index in [0.717, 1.165) is 33.4 Å². The number of fused-ring (bicyclic) bond motifs is 1. The highest BCUT2D eigenvalue weighted by molar-refractivity contribution is 6.39. The van der Waals surface area contributed by atoms with Crippen LogP contribution in [-0.4, -0.2) is 22.4 Å². The van der Waals surface area contributed by atoms with E-state index in [9.17, 15) is 14.4 Å². The molecule has 1 saturated heterocycles. The van der Waals surface area contributed by atoms with Crippen molar-refractivity contribution in [2.24, 2.45) is 0 Å². The number of carbonyl (C=O) groups excluding carboxylic acids is 3. The molecule has 3 aromatic carbocycles. The quantitative estimate of drug-likeness (QED) is 0.259. The van der Waals surface area contributed by atoms with Gasteiger partial charge in [-0.15, -0.1) is 0 Å². The summed E-state index contributed by atoms with van der Waals surface area (Å²) in [6.07, 6.45) is 4.52. The second-order valence-electron chi connectivity index (χ2n) is 9.51. The molecule has 1 fully saturated rings. The fraction of sp³-hybridized carbons (Fsp3) is 0.194. The molecule has 37 heavy (non-hydrogen) atoms. The normalized spacial score (nSPS) is 15.9. The Kier molecular flexibility index (Phi) is 6.49. The zero-order chi connectivity index (χ0) is 26.1. The van der Waals surface area contributed by atoms with Crippen molar-refractivity contribution < 1.29 is 14.4 Å². The van der Waals surface area contributed by atoms with Gasteiger partial charge in [-0.3, -0.25) is 14.9 Å². The summed E-state index contributed by atoms with van der Waals surface area (Å²) in [5.74, 6) is -0.965. The lowest BCUT2D eigenvalue weighted by Gasteiger charge is -2.26. The standard InChI is InChI=1S/C31H29N3O3/c1-4-20(2)22-13-15-25(16-14-22)34-30(36)27(29(35)32-31(34)37)17-24-19-33(28-12-8-7-11-26(24)28)18-23-10-6-5-9-21(23)3/h5-17,19-20H,4,18H2,1-3H3,(H,32,35,37)/b27-17-/t20-/m0/s1. The molecule has 0 bridgehead atoms. The number of benzene rings is 3. The average Bonchev–Trinajstić information content (AvgIpc) is 3.25. The monoisotopic (exact) mass is 491 g/mol. The Labute approximate surface area is 216 Å². The van der Waals surface area contributed by atoms with Gasteiger partial charge in [0.05, 0.1) is 5.69 Å². The average molecular weight is 492 g/mol. The zero-order valence-corrected chi connectivity index (χ0v) is 21.2. The number of hydrogen-bond donors (Lipinski definition) is 1. The third-order valence-electron chi connectivity index (χ3n) is 7.16. The highest BCUT2D eigenvalue weighted by Crippen LogP contribution is 2.28. The number of rotatable bonds is 6. The molecule has 0 saturated carbocycles. The Morgan fingerprint density at radius 2 is 1.62 bits per heavy atom. The van der Waals surface area contributed by atoms with E-state index in [2.05, 4.69) is 42.8 Å². The van der Waals surface area contributed by atoms with Gasteiger partial charge >= 0.3 is 6.03 Å². The number of amides is 4. The number of urea groups is 1. The van der Waals surface area contributed by atoms with Crippen LogP contribution in [0.4, 0.5) is 10.5 Å². The van der Waals surface area contributed by atoms with Gasteiger partial charge in [0.25, 0.3) is 11.8 Å². The predicted octanol–water partition coefficient (Wildman–Crippen LogP) is 6.18. The molecule has 1 aliphatic heterocycles. The lowest BCUT2D eigenvalue weighted by atomic mass is 9.98. The molecule has 6 heteroatoms. The Morgan fingerprint density at radius 1 is 0.919 bits per heavy atom. The number of nitrogens with one attached hydrogen (secondary N) is 1. The van der Waals surface area contributed by atoms with E-state index in [4.69, 9.17) is 0 Å². The molecule has 1 aliphatic rings. The molecule has 0 spiro atoms. The highest BCUT2D eigenvalue weighted by Gasteiger charge is 2.37. The van der Waals surface area contributed by atoms with Crippen LogP contribution >= 0.6 is 0 Å². The molecular weight excluding hydrogens is 462 g/mol. The molecule has 0 unspecified atom stereocenters. The summed E-state index contributed by atoms with van der Waals surface area (Å²) in [6.45, 7) is 6.98. The van der Waals surface area contributed by atoms with Crippen LogP contribution < -0.4 is 10.2 Å². The number of carbonyl (C=O) groups is 3. The number of nitrogens with zero attached hydrogens (tertiary/aromatic N) is 2. The van der Waals surface area contributed by atoms with Gasteiger partial charge in [0.1, 0.15) is 5.57 Å². The first-order valence-corrected chi connectivity index (χ1v) is 12.5. The highest BCUT2D eigenvalue weighted by atomic mass is 16.2. The molecule has 4 aromatic rings. The Bertz CT molecular complexity index is 1550. The summed E-state index contributed by atoms with van der Waals surface area (Å²) in [4.78, 5) is 40.0. The van der Waals surface area contributed by atoms with Gasteiger partial charge in [-0.05, 0) is 60.2 Å². The molecule has 186 valence electrons.